The molecule has 0 saturated carbocycles. The number of nitrogens with zero attached hydrogens (tertiary/aromatic N) is 2. The zero-order valence-electron chi connectivity index (χ0n) is 14.5. The lowest BCUT2D eigenvalue weighted by molar-refractivity contribution is -0.122. The summed E-state index contributed by atoms with van der Waals surface area (Å²) in [6.07, 6.45) is 2.36. The van der Waals surface area contributed by atoms with Crippen molar-refractivity contribution in [1.82, 2.24) is 15.1 Å². The average Bonchev–Trinajstić information content (AvgIpc) is 2.66. The van der Waals surface area contributed by atoms with Gasteiger partial charge in [-0.2, -0.15) is 5.10 Å². The Bertz CT molecular complexity index is 967. The van der Waals surface area contributed by atoms with Crippen LogP contribution in [0.3, 0.4) is 0 Å². The summed E-state index contributed by atoms with van der Waals surface area (Å²) in [5.41, 5.74) is 1.64. The van der Waals surface area contributed by atoms with Crippen LogP contribution >= 0.6 is 11.6 Å². The van der Waals surface area contributed by atoms with Crippen molar-refractivity contribution in [2.24, 2.45) is 0 Å². The van der Waals surface area contributed by atoms with Crippen LogP contribution in [-0.4, -0.2) is 15.7 Å². The van der Waals surface area contributed by atoms with Gasteiger partial charge in [-0.15, -0.1) is 0 Å². The molecule has 1 atom stereocenters. The van der Waals surface area contributed by atoms with Gasteiger partial charge in [-0.3, -0.25) is 14.3 Å². The number of aromatic nitrogens is 2. The van der Waals surface area contributed by atoms with Gasteiger partial charge in [0.15, 0.2) is 0 Å². The second kappa shape index (κ2) is 8.15. The average molecular weight is 370 g/mol. The van der Waals surface area contributed by atoms with Gasteiger partial charge in [0.2, 0.25) is 11.3 Å². The van der Waals surface area contributed by atoms with Crippen LogP contribution in [0.1, 0.15) is 31.4 Å². The minimum atomic E-state index is -0.116. The van der Waals surface area contributed by atoms with Crippen molar-refractivity contribution in [1.29, 1.82) is 0 Å². The van der Waals surface area contributed by atoms with E-state index in [1.807, 2.05) is 49.4 Å². The topological polar surface area (TPSA) is 64.0 Å². The number of amides is 1. The Balaban J connectivity index is 1.68. The van der Waals surface area contributed by atoms with Crippen LogP contribution in [0.5, 0.6) is 0 Å². The van der Waals surface area contributed by atoms with E-state index >= 15 is 0 Å². The van der Waals surface area contributed by atoms with Crippen LogP contribution in [-0.2, 0) is 11.3 Å². The first-order chi connectivity index (χ1) is 12.6. The summed E-state index contributed by atoms with van der Waals surface area (Å²) in [5, 5.41) is 8.48. The molecule has 2 aromatic carbocycles. The lowest BCUT2D eigenvalue weighted by atomic mass is 10.0. The molecule has 0 fully saturated rings. The van der Waals surface area contributed by atoms with Crippen LogP contribution in [0.25, 0.3) is 10.9 Å². The summed E-state index contributed by atoms with van der Waals surface area (Å²) in [7, 11) is 0. The predicted octanol–water partition coefficient (Wildman–Crippen LogP) is 3.71. The van der Waals surface area contributed by atoms with Gasteiger partial charge in [0.05, 0.1) is 24.3 Å². The molecule has 26 heavy (non-hydrogen) atoms. The molecule has 1 amide bonds. The van der Waals surface area contributed by atoms with Gasteiger partial charge in [-0.05, 0) is 36.2 Å². The third-order valence-corrected chi connectivity index (χ3v) is 4.58. The Labute approximate surface area is 156 Å². The minimum Gasteiger partial charge on any atom is -0.349 e. The number of rotatable bonds is 6. The number of benzene rings is 2. The molecule has 1 unspecified atom stereocenters. The fourth-order valence-corrected chi connectivity index (χ4v) is 3.06. The zero-order chi connectivity index (χ0) is 18.5. The fraction of sp³-hybridized carbons (Fsp3) is 0.250. The molecule has 0 aliphatic rings. The van der Waals surface area contributed by atoms with E-state index in [0.717, 1.165) is 17.5 Å². The Morgan fingerprint density at radius 3 is 2.65 bits per heavy atom. The highest BCUT2D eigenvalue weighted by molar-refractivity contribution is 6.30. The van der Waals surface area contributed by atoms with E-state index < -0.39 is 0 Å². The Kier molecular flexibility index (Phi) is 5.68. The van der Waals surface area contributed by atoms with E-state index in [1.165, 1.54) is 6.20 Å². The maximum Gasteiger partial charge on any atom is 0.222 e. The standard InChI is InChI=1S/C20H20ClN3O2/c1-2-17(14-7-9-15(21)10-8-14)23-20(26)11-12-24-18-6-4-3-5-16(18)19(25)13-22-24/h3-10,13,17H,2,11-12H2,1H3,(H,23,26). The first kappa shape index (κ1) is 18.1. The van der Waals surface area contributed by atoms with Crippen LogP contribution in [0.15, 0.2) is 59.5 Å². The molecular weight excluding hydrogens is 350 g/mol. The largest absolute Gasteiger partial charge is 0.349 e. The quantitative estimate of drug-likeness (QED) is 0.720. The summed E-state index contributed by atoms with van der Waals surface area (Å²) < 4.78 is 1.69. The minimum absolute atomic E-state index is 0.0570. The fourth-order valence-electron chi connectivity index (χ4n) is 2.93. The first-order valence-electron chi connectivity index (χ1n) is 8.58. The zero-order valence-corrected chi connectivity index (χ0v) is 15.2. The number of hydrogen-bond donors (Lipinski definition) is 1. The lowest BCUT2D eigenvalue weighted by Crippen LogP contribution is -2.29. The van der Waals surface area contributed by atoms with E-state index in [4.69, 9.17) is 11.6 Å². The van der Waals surface area contributed by atoms with Gasteiger partial charge in [0.1, 0.15) is 0 Å². The number of aryl methyl sites for hydroxylation is 1. The predicted molar refractivity (Wildman–Crippen MR) is 103 cm³/mol. The molecular formula is C20H20ClN3O2. The molecule has 0 aliphatic carbocycles. The van der Waals surface area contributed by atoms with Crippen LogP contribution in [0.4, 0.5) is 0 Å². The van der Waals surface area contributed by atoms with Crippen molar-refractivity contribution < 1.29 is 4.79 Å². The highest BCUT2D eigenvalue weighted by Crippen LogP contribution is 2.19. The second-order valence-corrected chi connectivity index (χ2v) is 6.52. The van der Waals surface area contributed by atoms with Gasteiger partial charge in [0, 0.05) is 16.8 Å². The van der Waals surface area contributed by atoms with Gasteiger partial charge < -0.3 is 5.32 Å². The molecule has 0 radical (unpaired) electrons. The van der Waals surface area contributed by atoms with E-state index in [1.54, 1.807) is 10.7 Å². The molecule has 6 heteroatoms. The van der Waals surface area contributed by atoms with Crippen molar-refractivity contribution in [3.63, 3.8) is 0 Å². The summed E-state index contributed by atoms with van der Waals surface area (Å²) in [4.78, 5) is 24.3. The third kappa shape index (κ3) is 4.11. The van der Waals surface area contributed by atoms with Crippen LogP contribution in [0.2, 0.25) is 5.02 Å². The van der Waals surface area contributed by atoms with Crippen molar-refractivity contribution in [3.05, 3.63) is 75.5 Å². The molecule has 0 saturated heterocycles. The Hall–Kier alpha value is -2.66. The number of nitrogens with one attached hydrogen (secondary N) is 1. The van der Waals surface area contributed by atoms with Gasteiger partial charge in [0.25, 0.3) is 0 Å². The molecule has 0 bridgehead atoms. The van der Waals surface area contributed by atoms with Crippen molar-refractivity contribution in [3.8, 4) is 0 Å². The van der Waals surface area contributed by atoms with Crippen molar-refractivity contribution in [2.45, 2.75) is 32.4 Å². The molecule has 3 aromatic rings. The molecule has 5 nitrogen and oxygen atoms in total. The normalized spacial score (nSPS) is 12.1. The first-order valence-corrected chi connectivity index (χ1v) is 8.96. The Morgan fingerprint density at radius 1 is 1.19 bits per heavy atom. The summed E-state index contributed by atoms with van der Waals surface area (Å²) in [6, 6.07) is 14.7. The maximum absolute atomic E-state index is 12.4. The van der Waals surface area contributed by atoms with Gasteiger partial charge in [-0.1, -0.05) is 42.8 Å². The lowest BCUT2D eigenvalue weighted by Gasteiger charge is -2.18. The molecule has 1 aromatic heterocycles. The maximum atomic E-state index is 12.4. The summed E-state index contributed by atoms with van der Waals surface area (Å²) in [6.45, 7) is 2.43. The number of hydrogen-bond acceptors (Lipinski definition) is 3. The van der Waals surface area contributed by atoms with Gasteiger partial charge >= 0.3 is 0 Å². The number of halogens is 1. The molecule has 1 N–H and O–H groups in total. The number of carbonyl (C=O) groups is 1. The van der Waals surface area contributed by atoms with Crippen molar-refractivity contribution in [2.75, 3.05) is 0 Å². The summed E-state index contributed by atoms with van der Waals surface area (Å²) >= 11 is 5.92. The van der Waals surface area contributed by atoms with E-state index in [-0.39, 0.29) is 23.8 Å². The van der Waals surface area contributed by atoms with Crippen molar-refractivity contribution >= 4 is 28.4 Å². The van der Waals surface area contributed by atoms with E-state index in [0.29, 0.717) is 17.0 Å². The molecule has 0 spiro atoms. The number of fused-ring (bicyclic) bond motifs is 1. The van der Waals surface area contributed by atoms with E-state index in [2.05, 4.69) is 10.4 Å². The monoisotopic (exact) mass is 369 g/mol. The van der Waals surface area contributed by atoms with Gasteiger partial charge in [-0.25, -0.2) is 0 Å². The highest BCUT2D eigenvalue weighted by Gasteiger charge is 2.13. The highest BCUT2D eigenvalue weighted by atomic mass is 35.5. The molecule has 3 rings (SSSR count). The number of para-hydroxylation sites is 1. The van der Waals surface area contributed by atoms with Crippen LogP contribution in [0, 0.1) is 0 Å². The molecule has 1 heterocycles. The summed E-state index contributed by atoms with van der Waals surface area (Å²) in [5.74, 6) is -0.0589. The third-order valence-electron chi connectivity index (χ3n) is 4.33. The number of carbonyl (C=O) groups excluding carboxylic acids is 1. The second-order valence-electron chi connectivity index (χ2n) is 6.08. The molecule has 134 valence electrons. The van der Waals surface area contributed by atoms with Crippen LogP contribution < -0.4 is 10.7 Å². The SMILES string of the molecule is CCC(NC(=O)CCn1ncc(=O)c2ccccc21)c1ccc(Cl)cc1. The Morgan fingerprint density at radius 2 is 1.92 bits per heavy atom. The smallest absolute Gasteiger partial charge is 0.222 e. The van der Waals surface area contributed by atoms with E-state index in [9.17, 15) is 9.59 Å². The molecule has 0 aliphatic heterocycles.